The molecule has 3 rings (SSSR count). The minimum Gasteiger partial charge on any atom is -0.480 e. The number of halogens is 1. The number of aliphatic carboxylic acids is 1. The molecule has 7 heteroatoms. The van der Waals surface area contributed by atoms with Gasteiger partial charge < -0.3 is 15.4 Å². The number of aromatic amines is 1. The second kappa shape index (κ2) is 9.52. The summed E-state index contributed by atoms with van der Waals surface area (Å²) >= 11 is 3.36. The molecule has 1 heterocycles. The van der Waals surface area contributed by atoms with E-state index in [1.165, 1.54) is 0 Å². The Balaban J connectivity index is 1.74. The number of carboxylic acid groups (broad SMARTS) is 1. The van der Waals surface area contributed by atoms with Crippen LogP contribution in [-0.2, 0) is 27.2 Å². The average molecular weight is 457 g/mol. The first-order valence-corrected chi connectivity index (χ1v) is 10.0. The van der Waals surface area contributed by atoms with E-state index in [0.29, 0.717) is 6.42 Å². The molecule has 1 aromatic heterocycles. The van der Waals surface area contributed by atoms with Gasteiger partial charge in [0, 0.05) is 40.3 Å². The smallest absolute Gasteiger partial charge is 0.322 e. The lowest BCUT2D eigenvalue weighted by Gasteiger charge is -2.15. The summed E-state index contributed by atoms with van der Waals surface area (Å²) in [6, 6.07) is 15.2. The van der Waals surface area contributed by atoms with E-state index in [-0.39, 0.29) is 18.6 Å². The number of ketones is 1. The zero-order valence-corrected chi connectivity index (χ0v) is 17.2. The van der Waals surface area contributed by atoms with Gasteiger partial charge in [-0.2, -0.15) is 0 Å². The minimum absolute atomic E-state index is 0.0427. The van der Waals surface area contributed by atoms with Crippen molar-refractivity contribution >= 4 is 44.5 Å². The number of carbonyl (C=O) groups is 3. The third kappa shape index (κ3) is 5.77. The number of carbonyl (C=O) groups excluding carboxylic acids is 2. The Bertz CT molecular complexity index is 1030. The van der Waals surface area contributed by atoms with Gasteiger partial charge in [-0.25, -0.2) is 0 Å². The highest BCUT2D eigenvalue weighted by Gasteiger charge is 2.24. The van der Waals surface area contributed by atoms with Crippen LogP contribution in [0.4, 0.5) is 0 Å². The number of carboxylic acids is 1. The molecule has 0 aliphatic heterocycles. The second-order valence-electron chi connectivity index (χ2n) is 6.92. The highest BCUT2D eigenvalue weighted by atomic mass is 79.9. The van der Waals surface area contributed by atoms with Crippen molar-refractivity contribution in [2.75, 3.05) is 6.54 Å². The summed E-state index contributed by atoms with van der Waals surface area (Å²) in [6.45, 7) is -0.468. The molecule has 1 amide bonds. The maximum absolute atomic E-state index is 12.6. The SMILES string of the molecule is O=C(O)CNC(=O)C(CC(=O)Cc1ccc(Br)cc1)Cc1c[nH]c2ccccc12. The van der Waals surface area contributed by atoms with E-state index in [9.17, 15) is 14.4 Å². The predicted octanol–water partition coefficient (Wildman–Crippen LogP) is 3.49. The fourth-order valence-corrected chi connectivity index (χ4v) is 3.57. The largest absolute Gasteiger partial charge is 0.480 e. The van der Waals surface area contributed by atoms with Crippen LogP contribution >= 0.6 is 15.9 Å². The van der Waals surface area contributed by atoms with Gasteiger partial charge in [-0.1, -0.05) is 46.3 Å². The molecule has 0 aliphatic carbocycles. The summed E-state index contributed by atoms with van der Waals surface area (Å²) in [5.41, 5.74) is 2.75. The van der Waals surface area contributed by atoms with Crippen molar-refractivity contribution in [3.63, 3.8) is 0 Å². The zero-order valence-electron chi connectivity index (χ0n) is 15.7. The van der Waals surface area contributed by atoms with Gasteiger partial charge >= 0.3 is 5.97 Å². The van der Waals surface area contributed by atoms with Crippen LogP contribution in [0, 0.1) is 5.92 Å². The Kier molecular flexibility index (Phi) is 6.82. The van der Waals surface area contributed by atoms with Crippen LogP contribution in [0.1, 0.15) is 17.5 Å². The van der Waals surface area contributed by atoms with Gasteiger partial charge in [0.05, 0.1) is 0 Å². The Morgan fingerprint density at radius 1 is 1.07 bits per heavy atom. The van der Waals surface area contributed by atoms with Crippen molar-refractivity contribution in [2.45, 2.75) is 19.3 Å². The number of aromatic nitrogens is 1. The number of rotatable bonds is 9. The third-order valence-corrected chi connectivity index (χ3v) is 5.24. The molecule has 0 saturated heterocycles. The monoisotopic (exact) mass is 456 g/mol. The first-order valence-electron chi connectivity index (χ1n) is 9.23. The quantitative estimate of drug-likeness (QED) is 0.458. The summed E-state index contributed by atoms with van der Waals surface area (Å²) in [7, 11) is 0. The number of hydrogen-bond donors (Lipinski definition) is 3. The first kappa shape index (κ1) is 20.8. The van der Waals surface area contributed by atoms with Crippen LogP contribution in [0.5, 0.6) is 0 Å². The second-order valence-corrected chi connectivity index (χ2v) is 7.83. The summed E-state index contributed by atoms with van der Waals surface area (Å²) in [6.07, 6.45) is 2.45. The van der Waals surface area contributed by atoms with Crippen molar-refractivity contribution in [1.82, 2.24) is 10.3 Å². The molecular weight excluding hydrogens is 436 g/mol. The summed E-state index contributed by atoms with van der Waals surface area (Å²) in [5.74, 6) is -2.26. The lowest BCUT2D eigenvalue weighted by atomic mass is 9.91. The maximum Gasteiger partial charge on any atom is 0.322 e. The molecule has 0 spiro atoms. The van der Waals surface area contributed by atoms with E-state index in [1.54, 1.807) is 0 Å². The van der Waals surface area contributed by atoms with E-state index in [0.717, 1.165) is 26.5 Å². The van der Waals surface area contributed by atoms with Gasteiger partial charge in [-0.05, 0) is 35.7 Å². The van der Waals surface area contributed by atoms with E-state index in [2.05, 4.69) is 26.2 Å². The number of hydrogen-bond acceptors (Lipinski definition) is 3. The Morgan fingerprint density at radius 2 is 1.79 bits per heavy atom. The topological polar surface area (TPSA) is 99.3 Å². The summed E-state index contributed by atoms with van der Waals surface area (Å²) in [4.78, 5) is 39.2. The van der Waals surface area contributed by atoms with Gasteiger partial charge in [0.25, 0.3) is 0 Å². The molecule has 150 valence electrons. The Labute approximate surface area is 176 Å². The van der Waals surface area contributed by atoms with Crippen LogP contribution in [-0.4, -0.2) is 34.3 Å². The lowest BCUT2D eigenvalue weighted by Crippen LogP contribution is -2.36. The van der Waals surface area contributed by atoms with Crippen LogP contribution in [0.25, 0.3) is 10.9 Å². The number of Topliss-reactive ketones (excluding diaryl/α,β-unsaturated/α-hetero) is 1. The molecule has 3 N–H and O–H groups in total. The maximum atomic E-state index is 12.6. The van der Waals surface area contributed by atoms with Gasteiger partial charge in [-0.3, -0.25) is 14.4 Å². The minimum atomic E-state index is -1.12. The van der Waals surface area contributed by atoms with Crippen LogP contribution in [0.3, 0.4) is 0 Å². The van der Waals surface area contributed by atoms with E-state index in [1.807, 2.05) is 54.7 Å². The number of H-pyrrole nitrogens is 1. The number of nitrogens with one attached hydrogen (secondary N) is 2. The van der Waals surface area contributed by atoms with Crippen LogP contribution in [0.15, 0.2) is 59.2 Å². The van der Waals surface area contributed by atoms with Crippen LogP contribution < -0.4 is 5.32 Å². The number of amides is 1. The normalized spacial score (nSPS) is 11.9. The number of fused-ring (bicyclic) bond motifs is 1. The molecule has 0 aliphatic rings. The highest BCUT2D eigenvalue weighted by Crippen LogP contribution is 2.23. The average Bonchev–Trinajstić information content (AvgIpc) is 3.10. The fraction of sp³-hybridized carbons (Fsp3) is 0.227. The molecular formula is C22H21BrN2O4. The Hall–Kier alpha value is -2.93. The number of para-hydroxylation sites is 1. The van der Waals surface area contributed by atoms with Gasteiger partial charge in [0.15, 0.2) is 0 Å². The molecule has 0 fully saturated rings. The third-order valence-electron chi connectivity index (χ3n) is 4.71. The molecule has 0 radical (unpaired) electrons. The Morgan fingerprint density at radius 3 is 2.52 bits per heavy atom. The molecule has 1 unspecified atom stereocenters. The van der Waals surface area contributed by atoms with Gasteiger partial charge in [0.2, 0.25) is 5.91 Å². The lowest BCUT2D eigenvalue weighted by molar-refractivity contribution is -0.138. The molecule has 6 nitrogen and oxygen atoms in total. The molecule has 3 aromatic rings. The van der Waals surface area contributed by atoms with E-state index < -0.39 is 24.3 Å². The van der Waals surface area contributed by atoms with Crippen molar-refractivity contribution in [3.05, 3.63) is 70.3 Å². The van der Waals surface area contributed by atoms with Gasteiger partial charge in [0.1, 0.15) is 12.3 Å². The van der Waals surface area contributed by atoms with Crippen molar-refractivity contribution in [1.29, 1.82) is 0 Å². The highest BCUT2D eigenvalue weighted by molar-refractivity contribution is 9.10. The molecule has 29 heavy (non-hydrogen) atoms. The van der Waals surface area contributed by atoms with E-state index >= 15 is 0 Å². The summed E-state index contributed by atoms with van der Waals surface area (Å²) in [5, 5.41) is 12.3. The standard InChI is InChI=1S/C22H21BrN2O4/c23-17-7-5-14(6-8-17)9-18(26)11-15(22(29)25-13-21(27)28)10-16-12-24-20-4-2-1-3-19(16)20/h1-8,12,15,24H,9-11,13H2,(H,25,29)(H,27,28). The molecule has 0 bridgehead atoms. The molecule has 0 saturated carbocycles. The van der Waals surface area contributed by atoms with Gasteiger partial charge in [-0.15, -0.1) is 0 Å². The first-order chi connectivity index (χ1) is 13.9. The number of benzene rings is 2. The van der Waals surface area contributed by atoms with Crippen molar-refractivity contribution in [2.24, 2.45) is 5.92 Å². The van der Waals surface area contributed by atoms with Crippen LogP contribution in [0.2, 0.25) is 0 Å². The summed E-state index contributed by atoms with van der Waals surface area (Å²) < 4.78 is 0.930. The van der Waals surface area contributed by atoms with Crippen molar-refractivity contribution in [3.8, 4) is 0 Å². The van der Waals surface area contributed by atoms with E-state index in [4.69, 9.17) is 5.11 Å². The molecule has 2 aromatic carbocycles. The fourth-order valence-electron chi connectivity index (χ4n) is 3.31. The predicted molar refractivity (Wildman–Crippen MR) is 114 cm³/mol. The van der Waals surface area contributed by atoms with Crippen molar-refractivity contribution < 1.29 is 19.5 Å². The zero-order chi connectivity index (χ0) is 20.8. The molecule has 1 atom stereocenters.